The molecule has 1 aliphatic heterocycles. The van der Waals surface area contributed by atoms with Gasteiger partial charge in [-0.3, -0.25) is 9.47 Å². The van der Waals surface area contributed by atoms with Crippen LogP contribution in [0, 0.1) is 0 Å². The molecule has 0 spiro atoms. The molecule has 0 saturated carbocycles. The summed E-state index contributed by atoms with van der Waals surface area (Å²) in [5, 5.41) is 0. The zero-order chi connectivity index (χ0) is 12.4. The molecule has 1 saturated heterocycles. The van der Waals surface area contributed by atoms with E-state index in [1.807, 2.05) is 24.3 Å². The van der Waals surface area contributed by atoms with Gasteiger partial charge < -0.3 is 9.15 Å². The van der Waals surface area contributed by atoms with Gasteiger partial charge in [-0.15, -0.1) is 0 Å². The van der Waals surface area contributed by atoms with Crippen molar-refractivity contribution in [1.29, 1.82) is 0 Å². The average Bonchev–Trinajstić information content (AvgIpc) is 2.73. The number of fused-ring (bicyclic) bond motifs is 1. The molecule has 1 fully saturated rings. The highest BCUT2D eigenvalue weighted by atomic mass is 16.5. The Morgan fingerprint density at radius 1 is 1.11 bits per heavy atom. The minimum atomic E-state index is -0.274. The van der Waals surface area contributed by atoms with E-state index < -0.39 is 0 Å². The summed E-state index contributed by atoms with van der Waals surface area (Å²) in [7, 11) is 0. The van der Waals surface area contributed by atoms with Crippen molar-refractivity contribution in [3.05, 3.63) is 34.8 Å². The normalized spacial score (nSPS) is 17.3. The van der Waals surface area contributed by atoms with E-state index in [1.165, 1.54) is 0 Å². The van der Waals surface area contributed by atoms with Crippen molar-refractivity contribution < 1.29 is 9.15 Å². The molecule has 0 atom stereocenters. The third kappa shape index (κ3) is 2.19. The Kier molecular flexibility index (Phi) is 3.17. The van der Waals surface area contributed by atoms with Crippen LogP contribution in [0.25, 0.3) is 11.1 Å². The Balaban J connectivity index is 1.77. The molecule has 0 unspecified atom stereocenters. The van der Waals surface area contributed by atoms with Crippen LogP contribution in [0.4, 0.5) is 0 Å². The Morgan fingerprint density at radius 2 is 1.89 bits per heavy atom. The number of hydrogen-bond acceptors (Lipinski definition) is 4. The largest absolute Gasteiger partial charge is 0.419 e. The predicted molar refractivity (Wildman–Crippen MR) is 67.7 cm³/mol. The maximum atomic E-state index is 11.8. The number of aromatic nitrogens is 1. The molecule has 2 heterocycles. The van der Waals surface area contributed by atoms with Crippen LogP contribution in [0.15, 0.2) is 33.5 Å². The standard InChI is InChI=1S/C13H16N2O3/c16-13-15(6-5-14-7-9-17-10-8-14)11-3-1-2-4-12(11)18-13/h1-4H,5-10H2. The van der Waals surface area contributed by atoms with Crippen molar-refractivity contribution in [1.82, 2.24) is 9.47 Å². The summed E-state index contributed by atoms with van der Waals surface area (Å²) in [4.78, 5) is 14.1. The van der Waals surface area contributed by atoms with Crippen molar-refractivity contribution in [2.45, 2.75) is 6.54 Å². The molecular formula is C13H16N2O3. The summed E-state index contributed by atoms with van der Waals surface area (Å²) in [6, 6.07) is 7.53. The number of benzene rings is 1. The number of morpholine rings is 1. The van der Waals surface area contributed by atoms with Gasteiger partial charge in [-0.1, -0.05) is 12.1 Å². The molecule has 0 radical (unpaired) electrons. The molecule has 0 aliphatic carbocycles. The van der Waals surface area contributed by atoms with Crippen LogP contribution in [0.2, 0.25) is 0 Å². The van der Waals surface area contributed by atoms with Gasteiger partial charge in [-0.25, -0.2) is 4.79 Å². The highest BCUT2D eigenvalue weighted by Crippen LogP contribution is 2.11. The van der Waals surface area contributed by atoms with E-state index >= 15 is 0 Å². The van der Waals surface area contributed by atoms with Crippen LogP contribution in [-0.4, -0.2) is 42.3 Å². The molecule has 5 heteroatoms. The highest BCUT2D eigenvalue weighted by molar-refractivity contribution is 5.72. The molecule has 2 aromatic rings. The summed E-state index contributed by atoms with van der Waals surface area (Å²) in [5.74, 6) is -0.274. The summed E-state index contributed by atoms with van der Waals surface area (Å²) in [5.41, 5.74) is 1.53. The van der Waals surface area contributed by atoms with Gasteiger partial charge in [-0.2, -0.15) is 0 Å². The molecule has 0 bridgehead atoms. The summed E-state index contributed by atoms with van der Waals surface area (Å²) < 4.78 is 12.2. The van der Waals surface area contributed by atoms with Gasteiger partial charge in [0.25, 0.3) is 0 Å². The van der Waals surface area contributed by atoms with E-state index in [9.17, 15) is 4.79 Å². The van der Waals surface area contributed by atoms with E-state index in [0.29, 0.717) is 12.1 Å². The first-order valence-electron chi connectivity index (χ1n) is 6.23. The van der Waals surface area contributed by atoms with Gasteiger partial charge in [0.05, 0.1) is 18.7 Å². The summed E-state index contributed by atoms with van der Waals surface area (Å²) in [6.07, 6.45) is 0. The van der Waals surface area contributed by atoms with Crippen LogP contribution in [0.1, 0.15) is 0 Å². The molecule has 1 aromatic heterocycles. The van der Waals surface area contributed by atoms with Gasteiger partial charge in [0, 0.05) is 26.2 Å². The first kappa shape index (κ1) is 11.5. The molecule has 18 heavy (non-hydrogen) atoms. The quantitative estimate of drug-likeness (QED) is 0.810. The lowest BCUT2D eigenvalue weighted by Crippen LogP contribution is -2.38. The number of hydrogen-bond donors (Lipinski definition) is 0. The third-order valence-electron chi connectivity index (χ3n) is 3.32. The van der Waals surface area contributed by atoms with E-state index in [2.05, 4.69) is 4.90 Å². The first-order valence-corrected chi connectivity index (χ1v) is 6.23. The molecule has 96 valence electrons. The second kappa shape index (κ2) is 4.96. The zero-order valence-electron chi connectivity index (χ0n) is 10.2. The minimum Gasteiger partial charge on any atom is -0.408 e. The van der Waals surface area contributed by atoms with Gasteiger partial charge in [0.15, 0.2) is 5.58 Å². The fourth-order valence-corrected chi connectivity index (χ4v) is 2.29. The smallest absolute Gasteiger partial charge is 0.408 e. The van der Waals surface area contributed by atoms with Crippen molar-refractivity contribution >= 4 is 11.1 Å². The molecular weight excluding hydrogens is 232 g/mol. The highest BCUT2D eigenvalue weighted by Gasteiger charge is 2.12. The number of para-hydroxylation sites is 2. The van der Waals surface area contributed by atoms with Crippen molar-refractivity contribution in [2.75, 3.05) is 32.8 Å². The van der Waals surface area contributed by atoms with Gasteiger partial charge in [0.2, 0.25) is 0 Å². The van der Waals surface area contributed by atoms with E-state index in [1.54, 1.807) is 4.57 Å². The molecule has 0 N–H and O–H groups in total. The molecule has 1 aromatic carbocycles. The van der Waals surface area contributed by atoms with E-state index in [4.69, 9.17) is 9.15 Å². The van der Waals surface area contributed by atoms with Crippen LogP contribution in [-0.2, 0) is 11.3 Å². The van der Waals surface area contributed by atoms with Crippen LogP contribution in [0.5, 0.6) is 0 Å². The monoisotopic (exact) mass is 248 g/mol. The van der Waals surface area contributed by atoms with Gasteiger partial charge >= 0.3 is 5.76 Å². The van der Waals surface area contributed by atoms with Gasteiger partial charge in [-0.05, 0) is 12.1 Å². The molecule has 5 nitrogen and oxygen atoms in total. The number of oxazole rings is 1. The van der Waals surface area contributed by atoms with Crippen LogP contribution in [0.3, 0.4) is 0 Å². The topological polar surface area (TPSA) is 47.6 Å². The number of ether oxygens (including phenoxy) is 1. The van der Waals surface area contributed by atoms with E-state index in [0.717, 1.165) is 38.4 Å². The summed E-state index contributed by atoms with van der Waals surface area (Å²) in [6.45, 7) is 4.94. The predicted octanol–water partition coefficient (Wildman–Crippen LogP) is 0.927. The Morgan fingerprint density at radius 3 is 2.72 bits per heavy atom. The number of rotatable bonds is 3. The fourth-order valence-electron chi connectivity index (χ4n) is 2.29. The first-order chi connectivity index (χ1) is 8.84. The maximum absolute atomic E-state index is 11.8. The lowest BCUT2D eigenvalue weighted by Gasteiger charge is -2.26. The Labute approximate surface area is 105 Å². The van der Waals surface area contributed by atoms with Crippen LogP contribution < -0.4 is 5.76 Å². The lowest BCUT2D eigenvalue weighted by atomic mass is 10.3. The maximum Gasteiger partial charge on any atom is 0.419 e. The van der Waals surface area contributed by atoms with Crippen molar-refractivity contribution in [2.24, 2.45) is 0 Å². The number of nitrogens with zero attached hydrogens (tertiary/aromatic N) is 2. The lowest BCUT2D eigenvalue weighted by molar-refractivity contribution is 0.0363. The fraction of sp³-hybridized carbons (Fsp3) is 0.462. The van der Waals surface area contributed by atoms with E-state index in [-0.39, 0.29) is 5.76 Å². The van der Waals surface area contributed by atoms with Crippen LogP contribution >= 0.6 is 0 Å². The Bertz CT molecular complexity index is 581. The average molecular weight is 248 g/mol. The summed E-state index contributed by atoms with van der Waals surface area (Å²) >= 11 is 0. The minimum absolute atomic E-state index is 0.274. The molecule has 3 rings (SSSR count). The van der Waals surface area contributed by atoms with Gasteiger partial charge in [0.1, 0.15) is 0 Å². The van der Waals surface area contributed by atoms with Crippen molar-refractivity contribution in [3.63, 3.8) is 0 Å². The SMILES string of the molecule is O=c1oc2ccccc2n1CCN1CCOCC1. The molecule has 1 aliphatic rings. The third-order valence-corrected chi connectivity index (χ3v) is 3.32. The second-order valence-electron chi connectivity index (χ2n) is 4.44. The molecule has 0 amide bonds. The zero-order valence-corrected chi connectivity index (χ0v) is 10.2. The van der Waals surface area contributed by atoms with Crippen molar-refractivity contribution in [3.8, 4) is 0 Å². The second-order valence-corrected chi connectivity index (χ2v) is 4.44. The Hall–Kier alpha value is -1.59.